The van der Waals surface area contributed by atoms with Gasteiger partial charge in [-0.2, -0.15) is 6.92 Å². The summed E-state index contributed by atoms with van der Waals surface area (Å²) in [4.78, 5) is 0. The van der Waals surface area contributed by atoms with Crippen LogP contribution in [0.15, 0.2) is 0 Å². The molecule has 0 rings (SSSR count). The first-order valence-corrected chi connectivity index (χ1v) is 0.707. The zero-order valence-electron chi connectivity index (χ0n) is 3.78. The summed E-state index contributed by atoms with van der Waals surface area (Å²) in [6.07, 6.45) is 0. The van der Waals surface area contributed by atoms with Crippen LogP contribution in [0.5, 0.6) is 0 Å². The number of hydrogen-bond acceptors (Lipinski definition) is 0. The largest absolute Gasteiger partial charge is 0.412 e. The molecule has 0 bridgehead atoms. The first-order valence-electron chi connectivity index (χ1n) is 0.707. The monoisotopic (exact) mass is 151 g/mol. The van der Waals surface area contributed by atoms with E-state index in [1.54, 1.807) is 6.92 Å². The molecular weight excluding hydrogens is 141 g/mol. The van der Waals surface area contributed by atoms with Crippen LogP contribution in [0.3, 0.4) is 0 Å². The number of rotatable bonds is 0. The van der Waals surface area contributed by atoms with Gasteiger partial charge in [-0.05, 0) is 0 Å². The van der Waals surface area contributed by atoms with Crippen LogP contribution in [-0.4, -0.2) is 5.48 Å². The first-order chi connectivity index (χ1) is 1.00. The summed E-state index contributed by atoms with van der Waals surface area (Å²) in [5, 5.41) is 0. The van der Waals surface area contributed by atoms with Crippen molar-refractivity contribution in [2.45, 2.75) is 6.92 Å². The number of hydrogen-bond donors (Lipinski definition) is 0. The van der Waals surface area contributed by atoms with Gasteiger partial charge in [-0.1, -0.05) is 0 Å². The zero-order valence-corrected chi connectivity index (χ0v) is 6.62. The van der Waals surface area contributed by atoms with Crippen LogP contribution in [0, 0.1) is 14.4 Å². The van der Waals surface area contributed by atoms with Crippen LogP contribution < -0.4 is 0 Å². The fourth-order valence-electron chi connectivity index (χ4n) is 0. The molecule has 0 atom stereocenters. The van der Waals surface area contributed by atoms with Crippen molar-refractivity contribution in [3.8, 4) is 0 Å². The van der Waals surface area contributed by atoms with Gasteiger partial charge < -0.3 is 19.8 Å². The van der Waals surface area contributed by atoms with Crippen LogP contribution in [0.25, 0.3) is 0 Å². The third kappa shape index (κ3) is 42.0. The maximum absolute atomic E-state index is 3.25. The van der Waals surface area contributed by atoms with Crippen LogP contribution in [0.1, 0.15) is 6.92 Å². The van der Waals surface area contributed by atoms with Gasteiger partial charge in [0, 0.05) is 32.7 Å². The van der Waals surface area contributed by atoms with Gasteiger partial charge >= 0.3 is 0 Å². The van der Waals surface area contributed by atoms with Crippen molar-refractivity contribution in [2.24, 2.45) is 0 Å². The Bertz CT molecular complexity index is 6.85. The Morgan fingerprint density at radius 3 is 1.20 bits per heavy atom. The van der Waals surface area contributed by atoms with Crippen molar-refractivity contribution in [3.63, 3.8) is 0 Å². The molecule has 0 saturated heterocycles. The van der Waals surface area contributed by atoms with Gasteiger partial charge in [0.1, 0.15) is 0 Å². The Morgan fingerprint density at radius 2 is 1.20 bits per heavy atom. The minimum Gasteiger partial charge on any atom is -0.412 e. The maximum Gasteiger partial charge on any atom is 0 e. The molecule has 1 nitrogen and oxygen atoms in total. The molecule has 0 heterocycles. The Morgan fingerprint density at radius 1 is 1.20 bits per heavy atom. The molecule has 33 valence electrons. The summed E-state index contributed by atoms with van der Waals surface area (Å²) >= 11 is 0. The Balaban J connectivity index is -0.00000000167. The molecule has 2 N–H and O–H groups in total. The Kier molecular flexibility index (Phi) is 539. The molecule has 0 aromatic carbocycles. The van der Waals surface area contributed by atoms with E-state index in [1.165, 1.54) is 0 Å². The second-order valence-electron chi connectivity index (χ2n) is 0. The molecule has 0 spiro atoms. The van der Waals surface area contributed by atoms with E-state index in [-0.39, 0.29) is 45.6 Å². The summed E-state index contributed by atoms with van der Waals surface area (Å²) < 4.78 is 0. The van der Waals surface area contributed by atoms with Gasteiger partial charge in [-0.3, -0.25) is 0 Å². The van der Waals surface area contributed by atoms with E-state index in [0.29, 0.717) is 0 Å². The summed E-state index contributed by atoms with van der Waals surface area (Å²) in [7, 11) is 0. The molecule has 0 amide bonds. The second kappa shape index (κ2) is 73.9. The van der Waals surface area contributed by atoms with Crippen LogP contribution >= 0.6 is 0 Å². The molecule has 0 saturated carbocycles. The van der Waals surface area contributed by atoms with Crippen LogP contribution in [-0.2, 0) is 32.7 Å². The van der Waals surface area contributed by atoms with Gasteiger partial charge in [0.15, 0.2) is 0 Å². The third-order valence-corrected chi connectivity index (χ3v) is 0. The van der Waals surface area contributed by atoms with Crippen molar-refractivity contribution in [2.75, 3.05) is 0 Å². The van der Waals surface area contributed by atoms with Crippen molar-refractivity contribution in [3.05, 3.63) is 14.4 Å². The molecule has 0 aliphatic carbocycles. The predicted octanol–water partition coefficient (Wildman–Crippen LogP) is 0.463. The van der Waals surface area contributed by atoms with Crippen molar-refractivity contribution >= 4 is 0 Å². The Hall–Kier alpha value is 1.06. The molecule has 0 unspecified atom stereocenters. The zero-order chi connectivity index (χ0) is 2.00. The minimum atomic E-state index is 0. The standard InChI is InChI=1S/C2H5.CH3.H2O.Y/c1-2;;;/h1H2,2H3;1H3;1H2;/q2*-1;;. The minimum absolute atomic E-state index is 0. The smallest absolute Gasteiger partial charge is 0 e. The molecule has 2 heteroatoms. The van der Waals surface area contributed by atoms with E-state index in [2.05, 4.69) is 6.92 Å². The molecular formula is C3H10OY-2. The fraction of sp³-hybridized carbons (Fsp3) is 0.333. The summed E-state index contributed by atoms with van der Waals surface area (Å²) in [6.45, 7) is 5.00. The van der Waals surface area contributed by atoms with E-state index in [9.17, 15) is 0 Å². The third-order valence-electron chi connectivity index (χ3n) is 0. The van der Waals surface area contributed by atoms with Crippen molar-refractivity contribution < 1.29 is 38.2 Å². The maximum atomic E-state index is 3.25. The predicted molar refractivity (Wildman–Crippen MR) is 21.1 cm³/mol. The normalized spacial score (nSPS) is 1.20. The fourth-order valence-corrected chi connectivity index (χ4v) is 0. The van der Waals surface area contributed by atoms with E-state index in [1.807, 2.05) is 0 Å². The molecule has 5 heavy (non-hydrogen) atoms. The second-order valence-corrected chi connectivity index (χ2v) is 0. The van der Waals surface area contributed by atoms with E-state index in [0.717, 1.165) is 0 Å². The van der Waals surface area contributed by atoms with E-state index in [4.69, 9.17) is 0 Å². The molecule has 0 aliphatic heterocycles. The average molecular weight is 151 g/mol. The van der Waals surface area contributed by atoms with Crippen molar-refractivity contribution in [1.29, 1.82) is 0 Å². The van der Waals surface area contributed by atoms with Crippen molar-refractivity contribution in [1.82, 2.24) is 0 Å². The van der Waals surface area contributed by atoms with Crippen LogP contribution in [0.2, 0.25) is 0 Å². The van der Waals surface area contributed by atoms with Gasteiger partial charge in [0.05, 0.1) is 0 Å². The van der Waals surface area contributed by atoms with Gasteiger partial charge in [0.2, 0.25) is 0 Å². The average Bonchev–Trinajstić information content (AvgIpc) is 1.00. The molecule has 0 aromatic heterocycles. The van der Waals surface area contributed by atoms with Gasteiger partial charge in [-0.15, -0.1) is 0 Å². The van der Waals surface area contributed by atoms with Gasteiger partial charge in [0.25, 0.3) is 0 Å². The summed E-state index contributed by atoms with van der Waals surface area (Å²) in [6, 6.07) is 0. The van der Waals surface area contributed by atoms with Gasteiger partial charge in [-0.25, -0.2) is 0 Å². The molecule has 0 aromatic rings. The first kappa shape index (κ1) is 36.5. The van der Waals surface area contributed by atoms with E-state index >= 15 is 0 Å². The Labute approximate surface area is 59.3 Å². The molecule has 1 radical (unpaired) electrons. The quantitative estimate of drug-likeness (QED) is 0.450. The molecule has 0 aliphatic rings. The topological polar surface area (TPSA) is 31.5 Å². The SMILES string of the molecule is O.[CH2-]C.[CH3-].[Y]. The van der Waals surface area contributed by atoms with Crippen LogP contribution in [0.4, 0.5) is 0 Å². The van der Waals surface area contributed by atoms with E-state index < -0.39 is 0 Å². The summed E-state index contributed by atoms with van der Waals surface area (Å²) in [5.41, 5.74) is 0. The molecule has 0 fully saturated rings. The summed E-state index contributed by atoms with van der Waals surface area (Å²) in [5.74, 6) is 0.